The number of carbonyl (C=O) groups is 2. The Balaban J connectivity index is 3.92. The van der Waals surface area contributed by atoms with Gasteiger partial charge in [-0.15, -0.1) is 0 Å². The van der Waals surface area contributed by atoms with E-state index in [-0.39, 0.29) is 0 Å². The van der Waals surface area contributed by atoms with Crippen molar-refractivity contribution in [2.45, 2.75) is 0 Å². The minimum absolute atomic E-state index is 0.751. The fourth-order valence-corrected chi connectivity index (χ4v) is 0.188. The Kier molecular flexibility index (Phi) is 3.04. The molecular weight excluding hydrogens is 139 g/mol. The zero-order valence-corrected chi connectivity index (χ0v) is 5.09. The highest BCUT2D eigenvalue weighted by Crippen LogP contribution is 1.95. The molecule has 0 rings (SSSR count). The normalized spacial score (nSPS) is 8.10. The van der Waals surface area contributed by atoms with Crippen LogP contribution in [0.15, 0.2) is 25.1 Å². The fourth-order valence-electron chi connectivity index (χ4n) is 0.188. The van der Waals surface area contributed by atoms with Crippen molar-refractivity contribution in [3.05, 3.63) is 25.1 Å². The number of hydrogen-bond acceptors (Lipinski definition) is 3. The summed E-state index contributed by atoms with van der Waals surface area (Å²) in [7, 11) is 0. The summed E-state index contributed by atoms with van der Waals surface area (Å²) in [5.41, 5.74) is 0. The van der Waals surface area contributed by atoms with Gasteiger partial charge in [-0.25, -0.2) is 9.59 Å². The van der Waals surface area contributed by atoms with E-state index in [0.29, 0.717) is 0 Å². The predicted molar refractivity (Wildman–Crippen MR) is 31.5 cm³/mol. The smallest absolute Gasteiger partial charge is 0.374 e. The summed E-state index contributed by atoms with van der Waals surface area (Å²) in [5, 5.41) is 0. The Morgan fingerprint density at radius 1 is 1.50 bits per heavy atom. The van der Waals surface area contributed by atoms with Gasteiger partial charge in [-0.1, -0.05) is 13.2 Å². The first-order valence-corrected chi connectivity index (χ1v) is 2.31. The number of ether oxygens (including phenoxy) is 1. The molecule has 0 heterocycles. The molecule has 10 heavy (non-hydrogen) atoms. The number of rotatable bonds is 2. The monoisotopic (exact) mass is 144 g/mol. The number of hydrogen-bond donors (Lipinski definition) is 0. The molecule has 0 saturated carbocycles. The van der Waals surface area contributed by atoms with E-state index in [9.17, 15) is 14.0 Å². The lowest BCUT2D eigenvalue weighted by molar-refractivity contribution is -0.154. The van der Waals surface area contributed by atoms with E-state index in [1.165, 1.54) is 0 Å². The summed E-state index contributed by atoms with van der Waals surface area (Å²) in [6.45, 7) is 5.61. The average Bonchev–Trinajstić information content (AvgIpc) is 1.87. The topological polar surface area (TPSA) is 43.4 Å². The zero-order chi connectivity index (χ0) is 8.15. The minimum atomic E-state index is -1.38. The van der Waals surface area contributed by atoms with Crippen LogP contribution in [0.3, 0.4) is 0 Å². The maximum Gasteiger partial charge on any atom is 0.374 e. The Labute approximate surface area is 56.8 Å². The van der Waals surface area contributed by atoms with Crippen molar-refractivity contribution in [1.29, 1.82) is 0 Å². The third-order valence-corrected chi connectivity index (χ3v) is 0.581. The van der Waals surface area contributed by atoms with E-state index in [0.717, 1.165) is 6.08 Å². The van der Waals surface area contributed by atoms with Gasteiger partial charge in [0.15, 0.2) is 0 Å². The highest BCUT2D eigenvalue weighted by Gasteiger charge is 2.09. The number of halogens is 1. The molecule has 0 atom stereocenters. The van der Waals surface area contributed by atoms with E-state index in [4.69, 9.17) is 0 Å². The van der Waals surface area contributed by atoms with E-state index < -0.39 is 17.8 Å². The third kappa shape index (κ3) is 2.76. The maximum atomic E-state index is 11.7. The van der Waals surface area contributed by atoms with Crippen LogP contribution in [0, 0.1) is 0 Å². The summed E-state index contributed by atoms with van der Waals surface area (Å²) in [6, 6.07) is 0. The third-order valence-electron chi connectivity index (χ3n) is 0.581. The molecule has 0 aromatic heterocycles. The van der Waals surface area contributed by atoms with Gasteiger partial charge < -0.3 is 4.74 Å². The molecule has 0 N–H and O–H groups in total. The first-order chi connectivity index (χ1) is 4.57. The lowest BCUT2D eigenvalue weighted by Crippen LogP contribution is -2.09. The summed E-state index contributed by atoms with van der Waals surface area (Å²) in [5.74, 6) is -3.69. The van der Waals surface area contributed by atoms with Crippen molar-refractivity contribution >= 4 is 11.9 Å². The van der Waals surface area contributed by atoms with Crippen LogP contribution >= 0.6 is 0 Å². The molecule has 0 saturated heterocycles. The van der Waals surface area contributed by atoms with Crippen LogP contribution < -0.4 is 0 Å². The summed E-state index contributed by atoms with van der Waals surface area (Å²) in [6.07, 6.45) is 0.751. The van der Waals surface area contributed by atoms with Gasteiger partial charge in [-0.3, -0.25) is 0 Å². The van der Waals surface area contributed by atoms with Crippen LogP contribution in [0.5, 0.6) is 0 Å². The van der Waals surface area contributed by atoms with Crippen LogP contribution in [0.1, 0.15) is 0 Å². The van der Waals surface area contributed by atoms with Crippen LogP contribution in [0.4, 0.5) is 4.39 Å². The predicted octanol–water partition coefficient (Wildman–Crippen LogP) is 0.725. The van der Waals surface area contributed by atoms with Crippen LogP contribution in [-0.2, 0) is 14.3 Å². The molecule has 0 bridgehead atoms. The standard InChI is InChI=1S/C6H5FO3/c1-3-5(8)10-6(9)4(2)7/h3H,1-2H2. The second-order valence-electron chi connectivity index (χ2n) is 1.32. The maximum absolute atomic E-state index is 11.7. The van der Waals surface area contributed by atoms with E-state index in [1.807, 2.05) is 0 Å². The molecule has 0 aromatic rings. The fraction of sp³-hybridized carbons (Fsp3) is 0. The first kappa shape index (κ1) is 8.55. The van der Waals surface area contributed by atoms with Crippen molar-refractivity contribution in [2.24, 2.45) is 0 Å². The molecule has 3 nitrogen and oxygen atoms in total. The number of esters is 2. The molecule has 0 spiro atoms. The Bertz CT molecular complexity index is 195. The Hall–Kier alpha value is -1.45. The van der Waals surface area contributed by atoms with Gasteiger partial charge in [-0.05, 0) is 0 Å². The molecule has 0 aliphatic heterocycles. The summed E-state index contributed by atoms with van der Waals surface area (Å²) < 4.78 is 15.5. The van der Waals surface area contributed by atoms with Crippen molar-refractivity contribution < 1.29 is 18.7 Å². The van der Waals surface area contributed by atoms with Crippen LogP contribution in [-0.4, -0.2) is 11.9 Å². The van der Waals surface area contributed by atoms with E-state index in [1.54, 1.807) is 0 Å². The van der Waals surface area contributed by atoms with Crippen molar-refractivity contribution in [3.8, 4) is 0 Å². The van der Waals surface area contributed by atoms with Crippen molar-refractivity contribution in [2.75, 3.05) is 0 Å². The van der Waals surface area contributed by atoms with Crippen LogP contribution in [0.25, 0.3) is 0 Å². The van der Waals surface area contributed by atoms with E-state index in [2.05, 4.69) is 17.9 Å². The molecule has 0 radical (unpaired) electrons. The van der Waals surface area contributed by atoms with Gasteiger partial charge in [0.2, 0.25) is 5.83 Å². The van der Waals surface area contributed by atoms with Crippen molar-refractivity contribution in [1.82, 2.24) is 0 Å². The van der Waals surface area contributed by atoms with Gasteiger partial charge in [0.25, 0.3) is 0 Å². The summed E-state index contributed by atoms with van der Waals surface area (Å²) in [4.78, 5) is 20.3. The van der Waals surface area contributed by atoms with Crippen molar-refractivity contribution in [3.63, 3.8) is 0 Å². The number of carbonyl (C=O) groups excluding carboxylic acids is 2. The molecule has 0 aliphatic carbocycles. The summed E-state index contributed by atoms with van der Waals surface area (Å²) >= 11 is 0. The zero-order valence-electron chi connectivity index (χ0n) is 5.09. The minimum Gasteiger partial charge on any atom is -0.384 e. The highest BCUT2D eigenvalue weighted by atomic mass is 19.1. The molecule has 0 aliphatic rings. The molecular formula is C6H5FO3. The van der Waals surface area contributed by atoms with E-state index >= 15 is 0 Å². The molecule has 4 heteroatoms. The van der Waals surface area contributed by atoms with Gasteiger partial charge >= 0.3 is 11.9 Å². The first-order valence-electron chi connectivity index (χ1n) is 2.31. The largest absolute Gasteiger partial charge is 0.384 e. The van der Waals surface area contributed by atoms with Crippen LogP contribution in [0.2, 0.25) is 0 Å². The highest BCUT2D eigenvalue weighted by molar-refractivity contribution is 5.97. The Morgan fingerprint density at radius 2 is 2.00 bits per heavy atom. The van der Waals surface area contributed by atoms with Gasteiger partial charge in [0.05, 0.1) is 0 Å². The Morgan fingerprint density at radius 3 is 2.30 bits per heavy atom. The molecule has 0 fully saturated rings. The van der Waals surface area contributed by atoms with Gasteiger partial charge in [0, 0.05) is 6.08 Å². The lowest BCUT2D eigenvalue weighted by Gasteiger charge is -1.93. The molecule has 54 valence electrons. The van der Waals surface area contributed by atoms with Gasteiger partial charge in [0.1, 0.15) is 0 Å². The van der Waals surface area contributed by atoms with Gasteiger partial charge in [-0.2, -0.15) is 4.39 Å². The average molecular weight is 144 g/mol. The SMILES string of the molecule is C=CC(=O)OC(=O)C(=C)F. The lowest BCUT2D eigenvalue weighted by atomic mass is 10.6. The second-order valence-corrected chi connectivity index (χ2v) is 1.32. The quantitative estimate of drug-likeness (QED) is 0.326. The molecule has 0 unspecified atom stereocenters. The molecule has 0 aromatic carbocycles. The molecule has 0 amide bonds. The second kappa shape index (κ2) is 3.55.